The van der Waals surface area contributed by atoms with Crippen LogP contribution in [0.25, 0.3) is 0 Å². The topological polar surface area (TPSA) is 48.1 Å². The number of anilines is 1. The van der Waals surface area contributed by atoms with E-state index in [1.165, 1.54) is 5.56 Å². The van der Waals surface area contributed by atoms with Gasteiger partial charge in [0.05, 0.1) is 0 Å². The summed E-state index contributed by atoms with van der Waals surface area (Å²) in [5, 5.41) is 0. The first kappa shape index (κ1) is 9.93. The van der Waals surface area contributed by atoms with Gasteiger partial charge in [0.2, 0.25) is 0 Å². The molecule has 1 aromatic rings. The van der Waals surface area contributed by atoms with Crippen molar-refractivity contribution in [2.24, 2.45) is 0 Å². The van der Waals surface area contributed by atoms with Crippen molar-refractivity contribution in [1.82, 2.24) is 4.98 Å². The average molecular weight is 257 g/mol. The lowest BCUT2D eigenvalue weighted by atomic mass is 9.93. The first-order chi connectivity index (χ1) is 6.77. The number of ether oxygens (including phenoxy) is 1. The fraction of sp³-hybridized carbons (Fsp3) is 0.500. The molecule has 1 fully saturated rings. The first-order valence-corrected chi connectivity index (χ1v) is 5.56. The van der Waals surface area contributed by atoms with Gasteiger partial charge in [0.25, 0.3) is 0 Å². The highest BCUT2D eigenvalue weighted by Gasteiger charge is 2.18. The minimum atomic E-state index is 0.561. The highest BCUT2D eigenvalue weighted by molar-refractivity contribution is 9.10. The van der Waals surface area contributed by atoms with E-state index in [2.05, 4.69) is 27.0 Å². The predicted octanol–water partition coefficient (Wildman–Crippen LogP) is 2.32. The predicted molar refractivity (Wildman–Crippen MR) is 59.1 cm³/mol. The molecule has 0 unspecified atom stereocenters. The molecule has 76 valence electrons. The van der Waals surface area contributed by atoms with E-state index in [4.69, 9.17) is 10.5 Å². The summed E-state index contributed by atoms with van der Waals surface area (Å²) in [5.41, 5.74) is 6.84. The van der Waals surface area contributed by atoms with Gasteiger partial charge in [-0.3, -0.25) is 0 Å². The third-order valence-corrected chi connectivity index (χ3v) is 3.20. The molecule has 0 saturated carbocycles. The van der Waals surface area contributed by atoms with E-state index in [1.807, 2.05) is 6.07 Å². The molecule has 0 spiro atoms. The van der Waals surface area contributed by atoms with E-state index in [0.717, 1.165) is 30.7 Å². The van der Waals surface area contributed by atoms with E-state index in [-0.39, 0.29) is 0 Å². The van der Waals surface area contributed by atoms with E-state index in [0.29, 0.717) is 11.7 Å². The Morgan fingerprint density at radius 1 is 1.36 bits per heavy atom. The highest BCUT2D eigenvalue weighted by atomic mass is 79.9. The van der Waals surface area contributed by atoms with Crippen LogP contribution in [0.15, 0.2) is 16.7 Å². The average Bonchev–Trinajstić information content (AvgIpc) is 2.19. The summed E-state index contributed by atoms with van der Waals surface area (Å²) in [5.74, 6) is 1.12. The zero-order valence-corrected chi connectivity index (χ0v) is 9.46. The summed E-state index contributed by atoms with van der Waals surface area (Å²) in [6, 6.07) is 3.91. The summed E-state index contributed by atoms with van der Waals surface area (Å²) in [7, 11) is 0. The minimum absolute atomic E-state index is 0.561. The maximum Gasteiger partial charge on any atom is 0.124 e. The second-order valence-corrected chi connectivity index (χ2v) is 4.25. The van der Waals surface area contributed by atoms with Crippen molar-refractivity contribution in [3.05, 3.63) is 22.3 Å². The number of nitrogens with two attached hydrogens (primary N) is 1. The number of hydrogen-bond donors (Lipinski definition) is 1. The molecule has 1 aliphatic heterocycles. The van der Waals surface area contributed by atoms with Crippen molar-refractivity contribution < 1.29 is 4.74 Å². The summed E-state index contributed by atoms with van der Waals surface area (Å²) >= 11 is 3.45. The molecule has 0 atom stereocenters. The van der Waals surface area contributed by atoms with E-state index in [9.17, 15) is 0 Å². The normalized spacial score (nSPS) is 18.4. The van der Waals surface area contributed by atoms with Gasteiger partial charge in [-0.15, -0.1) is 0 Å². The van der Waals surface area contributed by atoms with Crippen molar-refractivity contribution in [3.8, 4) is 0 Å². The molecule has 0 amide bonds. The second-order valence-electron chi connectivity index (χ2n) is 3.50. The van der Waals surface area contributed by atoms with Gasteiger partial charge in [-0.1, -0.05) is 6.07 Å². The van der Waals surface area contributed by atoms with Crippen molar-refractivity contribution in [2.75, 3.05) is 18.9 Å². The summed E-state index contributed by atoms with van der Waals surface area (Å²) in [4.78, 5) is 4.20. The number of nitrogen functional groups attached to an aromatic ring is 1. The van der Waals surface area contributed by atoms with Gasteiger partial charge in [-0.25, -0.2) is 4.98 Å². The Bertz CT molecular complexity index is 324. The molecule has 1 aromatic heterocycles. The van der Waals surface area contributed by atoms with Crippen LogP contribution < -0.4 is 5.73 Å². The molecule has 0 aliphatic carbocycles. The van der Waals surface area contributed by atoms with Crippen LogP contribution >= 0.6 is 15.9 Å². The van der Waals surface area contributed by atoms with Crippen LogP contribution in [0.3, 0.4) is 0 Å². The molecule has 1 saturated heterocycles. The fourth-order valence-corrected chi connectivity index (χ4v) is 2.43. The molecule has 0 radical (unpaired) electrons. The zero-order valence-electron chi connectivity index (χ0n) is 7.87. The first-order valence-electron chi connectivity index (χ1n) is 4.77. The van der Waals surface area contributed by atoms with Gasteiger partial charge >= 0.3 is 0 Å². The Morgan fingerprint density at radius 2 is 2.07 bits per heavy atom. The Labute approximate surface area is 91.8 Å². The standard InChI is InChI=1S/C10H13BrN2O/c11-10-8(1-2-9(12)13-10)7-3-5-14-6-4-7/h1-2,7H,3-6H2,(H2,12,13). The molecular weight excluding hydrogens is 244 g/mol. The lowest BCUT2D eigenvalue weighted by molar-refractivity contribution is 0.0851. The second kappa shape index (κ2) is 4.28. The van der Waals surface area contributed by atoms with Crippen LogP contribution in [0.4, 0.5) is 5.82 Å². The van der Waals surface area contributed by atoms with Gasteiger partial charge in [-0.2, -0.15) is 0 Å². The minimum Gasteiger partial charge on any atom is -0.384 e. The number of nitrogens with zero attached hydrogens (tertiary/aromatic N) is 1. The molecule has 2 rings (SSSR count). The maximum atomic E-state index is 5.59. The molecule has 2 heterocycles. The molecule has 0 aromatic carbocycles. The quantitative estimate of drug-likeness (QED) is 0.785. The lowest BCUT2D eigenvalue weighted by Gasteiger charge is -2.22. The summed E-state index contributed by atoms with van der Waals surface area (Å²) in [6.45, 7) is 1.70. The number of halogens is 1. The van der Waals surface area contributed by atoms with Gasteiger partial charge in [0.15, 0.2) is 0 Å². The summed E-state index contributed by atoms with van der Waals surface area (Å²) in [6.07, 6.45) is 2.15. The fourth-order valence-electron chi connectivity index (χ4n) is 1.77. The number of rotatable bonds is 1. The summed E-state index contributed by atoms with van der Waals surface area (Å²) < 4.78 is 6.20. The van der Waals surface area contributed by atoms with E-state index >= 15 is 0 Å². The molecule has 14 heavy (non-hydrogen) atoms. The van der Waals surface area contributed by atoms with Crippen LogP contribution in [0, 0.1) is 0 Å². The van der Waals surface area contributed by atoms with Crippen LogP contribution in [0.2, 0.25) is 0 Å². The van der Waals surface area contributed by atoms with Crippen LogP contribution in [-0.2, 0) is 4.74 Å². The van der Waals surface area contributed by atoms with Crippen LogP contribution in [0.1, 0.15) is 24.3 Å². The third-order valence-electron chi connectivity index (χ3n) is 2.56. The van der Waals surface area contributed by atoms with Crippen molar-refractivity contribution in [1.29, 1.82) is 0 Å². The monoisotopic (exact) mass is 256 g/mol. The number of hydrogen-bond acceptors (Lipinski definition) is 3. The number of pyridine rings is 1. The Balaban J connectivity index is 2.22. The third kappa shape index (κ3) is 2.07. The largest absolute Gasteiger partial charge is 0.384 e. The van der Waals surface area contributed by atoms with Gasteiger partial charge in [0.1, 0.15) is 10.4 Å². The van der Waals surface area contributed by atoms with Gasteiger partial charge in [-0.05, 0) is 46.3 Å². The Kier molecular flexibility index (Phi) is 3.03. The Morgan fingerprint density at radius 3 is 2.71 bits per heavy atom. The molecule has 4 heteroatoms. The van der Waals surface area contributed by atoms with Crippen molar-refractivity contribution >= 4 is 21.7 Å². The van der Waals surface area contributed by atoms with Gasteiger partial charge < -0.3 is 10.5 Å². The Hall–Kier alpha value is -0.610. The highest BCUT2D eigenvalue weighted by Crippen LogP contribution is 2.31. The molecular formula is C10H13BrN2O. The van der Waals surface area contributed by atoms with Gasteiger partial charge in [0, 0.05) is 13.2 Å². The SMILES string of the molecule is Nc1ccc(C2CCOCC2)c(Br)n1. The molecule has 3 nitrogen and oxygen atoms in total. The lowest BCUT2D eigenvalue weighted by Crippen LogP contribution is -2.14. The molecule has 2 N–H and O–H groups in total. The van der Waals surface area contributed by atoms with E-state index < -0.39 is 0 Å². The van der Waals surface area contributed by atoms with E-state index in [1.54, 1.807) is 0 Å². The maximum absolute atomic E-state index is 5.59. The van der Waals surface area contributed by atoms with Crippen molar-refractivity contribution in [3.63, 3.8) is 0 Å². The number of aromatic nitrogens is 1. The molecule has 1 aliphatic rings. The van der Waals surface area contributed by atoms with Crippen molar-refractivity contribution in [2.45, 2.75) is 18.8 Å². The smallest absolute Gasteiger partial charge is 0.124 e. The van der Waals surface area contributed by atoms with Crippen LogP contribution in [0.5, 0.6) is 0 Å². The zero-order chi connectivity index (χ0) is 9.97. The molecule has 0 bridgehead atoms. The van der Waals surface area contributed by atoms with Crippen LogP contribution in [-0.4, -0.2) is 18.2 Å².